The van der Waals surface area contributed by atoms with Crippen LogP contribution in [0.25, 0.3) is 5.76 Å². The molecular formula is C24H20FNO4S. The highest BCUT2D eigenvalue weighted by molar-refractivity contribution is 7.10. The Kier molecular flexibility index (Phi) is 5.86. The molecule has 1 fully saturated rings. The van der Waals surface area contributed by atoms with E-state index in [0.29, 0.717) is 22.8 Å². The quantitative estimate of drug-likeness (QED) is 0.323. The summed E-state index contributed by atoms with van der Waals surface area (Å²) < 4.78 is 19.5. The fourth-order valence-corrected chi connectivity index (χ4v) is 4.37. The molecule has 2 heterocycles. The molecule has 5 nitrogen and oxygen atoms in total. The van der Waals surface area contributed by atoms with Crippen molar-refractivity contribution >= 4 is 34.5 Å². The van der Waals surface area contributed by atoms with Crippen LogP contribution in [0.4, 0.5) is 10.1 Å². The van der Waals surface area contributed by atoms with E-state index in [1.54, 1.807) is 42.5 Å². The minimum atomic E-state index is -0.859. The van der Waals surface area contributed by atoms with Gasteiger partial charge in [0.15, 0.2) is 0 Å². The van der Waals surface area contributed by atoms with Crippen LogP contribution in [0.3, 0.4) is 0 Å². The first-order valence-electron chi connectivity index (χ1n) is 9.84. The molecule has 0 bridgehead atoms. The zero-order valence-electron chi connectivity index (χ0n) is 16.7. The first-order valence-corrected chi connectivity index (χ1v) is 10.7. The number of amides is 1. The van der Waals surface area contributed by atoms with Gasteiger partial charge in [0, 0.05) is 16.1 Å². The lowest BCUT2D eigenvalue weighted by atomic mass is 9.99. The fourth-order valence-electron chi connectivity index (χ4n) is 3.55. The number of hydrogen-bond acceptors (Lipinski definition) is 5. The number of anilines is 1. The number of rotatable bonds is 6. The molecule has 0 spiro atoms. The van der Waals surface area contributed by atoms with Gasteiger partial charge in [-0.3, -0.25) is 14.5 Å². The summed E-state index contributed by atoms with van der Waals surface area (Å²) in [5.74, 6) is -1.90. The van der Waals surface area contributed by atoms with Gasteiger partial charge in [0.05, 0.1) is 12.2 Å². The molecule has 0 radical (unpaired) electrons. The van der Waals surface area contributed by atoms with Crippen LogP contribution >= 0.6 is 11.3 Å². The summed E-state index contributed by atoms with van der Waals surface area (Å²) in [7, 11) is 0. The summed E-state index contributed by atoms with van der Waals surface area (Å²) in [6, 6.07) is 15.0. The normalized spacial score (nSPS) is 17.9. The van der Waals surface area contributed by atoms with E-state index in [2.05, 4.69) is 0 Å². The van der Waals surface area contributed by atoms with Gasteiger partial charge in [-0.05, 0) is 48.2 Å². The Balaban J connectivity index is 1.86. The number of aliphatic hydroxyl groups is 1. The van der Waals surface area contributed by atoms with Crippen molar-refractivity contribution in [1.82, 2.24) is 0 Å². The average Bonchev–Trinajstić information content (AvgIpc) is 3.39. The molecule has 1 atom stereocenters. The van der Waals surface area contributed by atoms with Crippen LogP contribution < -0.4 is 9.64 Å². The number of ether oxygens (including phenoxy) is 1. The van der Waals surface area contributed by atoms with Gasteiger partial charge >= 0.3 is 0 Å². The number of aliphatic hydroxyl groups excluding tert-OH is 1. The van der Waals surface area contributed by atoms with Crippen molar-refractivity contribution in [2.75, 3.05) is 11.5 Å². The molecule has 4 rings (SSSR count). The average molecular weight is 437 g/mol. The summed E-state index contributed by atoms with van der Waals surface area (Å²) in [5.41, 5.74) is 0.580. The molecule has 1 amide bonds. The second-order valence-corrected chi connectivity index (χ2v) is 8.02. The largest absolute Gasteiger partial charge is 0.507 e. The molecule has 31 heavy (non-hydrogen) atoms. The van der Waals surface area contributed by atoms with Crippen molar-refractivity contribution < 1.29 is 23.8 Å². The van der Waals surface area contributed by atoms with Gasteiger partial charge in [-0.2, -0.15) is 0 Å². The van der Waals surface area contributed by atoms with Crippen LogP contribution in [0, 0.1) is 5.82 Å². The smallest absolute Gasteiger partial charge is 0.300 e. The maximum absolute atomic E-state index is 13.9. The topological polar surface area (TPSA) is 66.8 Å². The van der Waals surface area contributed by atoms with Crippen LogP contribution in [0.5, 0.6) is 5.75 Å². The minimum absolute atomic E-state index is 0.0376. The van der Waals surface area contributed by atoms with Crippen LogP contribution in [-0.4, -0.2) is 23.4 Å². The van der Waals surface area contributed by atoms with E-state index in [9.17, 15) is 19.1 Å². The van der Waals surface area contributed by atoms with E-state index < -0.39 is 23.5 Å². The first kappa shape index (κ1) is 20.8. The van der Waals surface area contributed by atoms with Gasteiger partial charge in [-0.1, -0.05) is 31.2 Å². The zero-order chi connectivity index (χ0) is 22.0. The van der Waals surface area contributed by atoms with Crippen molar-refractivity contribution in [2.24, 2.45) is 0 Å². The molecule has 0 saturated carbocycles. The molecule has 1 unspecified atom stereocenters. The Morgan fingerprint density at radius 3 is 2.65 bits per heavy atom. The second-order valence-electron chi connectivity index (χ2n) is 7.04. The van der Waals surface area contributed by atoms with E-state index in [1.807, 2.05) is 12.3 Å². The Morgan fingerprint density at radius 1 is 1.13 bits per heavy atom. The lowest BCUT2D eigenvalue weighted by molar-refractivity contribution is -0.132. The summed E-state index contributed by atoms with van der Waals surface area (Å²) in [6.07, 6.45) is 0.827. The molecule has 1 saturated heterocycles. The molecule has 0 aliphatic carbocycles. The monoisotopic (exact) mass is 437 g/mol. The number of nitrogens with zero attached hydrogens (tertiary/aromatic N) is 1. The van der Waals surface area contributed by atoms with Crippen LogP contribution in [0.1, 0.15) is 29.8 Å². The highest BCUT2D eigenvalue weighted by Crippen LogP contribution is 2.43. The van der Waals surface area contributed by atoms with Crippen molar-refractivity contribution in [3.63, 3.8) is 0 Å². The molecular weight excluding hydrogens is 417 g/mol. The third kappa shape index (κ3) is 3.96. The third-order valence-electron chi connectivity index (χ3n) is 4.92. The fraction of sp³-hybridized carbons (Fsp3) is 0.167. The van der Waals surface area contributed by atoms with E-state index in [-0.39, 0.29) is 17.0 Å². The summed E-state index contributed by atoms with van der Waals surface area (Å²) in [6.45, 7) is 2.50. The van der Waals surface area contributed by atoms with Crippen molar-refractivity contribution in [2.45, 2.75) is 19.4 Å². The maximum Gasteiger partial charge on any atom is 0.300 e. The van der Waals surface area contributed by atoms with Gasteiger partial charge < -0.3 is 9.84 Å². The number of carbonyl (C=O) groups is 2. The maximum atomic E-state index is 13.9. The summed E-state index contributed by atoms with van der Waals surface area (Å²) in [4.78, 5) is 27.9. The van der Waals surface area contributed by atoms with E-state index >= 15 is 0 Å². The van der Waals surface area contributed by atoms with Crippen LogP contribution in [0.15, 0.2) is 71.6 Å². The van der Waals surface area contributed by atoms with Crippen molar-refractivity contribution in [1.29, 1.82) is 0 Å². The molecule has 1 N–H and O–H groups in total. The first-order chi connectivity index (χ1) is 15.0. The second kappa shape index (κ2) is 8.73. The molecule has 3 aromatic rings. The van der Waals surface area contributed by atoms with Crippen molar-refractivity contribution in [3.8, 4) is 5.75 Å². The third-order valence-corrected chi connectivity index (χ3v) is 5.85. The lowest BCUT2D eigenvalue weighted by Crippen LogP contribution is -2.29. The molecule has 158 valence electrons. The number of Topliss-reactive ketones (excluding diaryl/α,β-unsaturated/α-hetero) is 1. The van der Waals surface area contributed by atoms with E-state index in [4.69, 9.17) is 4.74 Å². The highest BCUT2D eigenvalue weighted by atomic mass is 32.1. The van der Waals surface area contributed by atoms with E-state index in [0.717, 1.165) is 6.42 Å². The molecule has 1 aliphatic heterocycles. The predicted molar refractivity (Wildman–Crippen MR) is 118 cm³/mol. The van der Waals surface area contributed by atoms with Gasteiger partial charge in [0.25, 0.3) is 11.7 Å². The zero-order valence-corrected chi connectivity index (χ0v) is 17.6. The predicted octanol–water partition coefficient (Wildman–Crippen LogP) is 5.30. The van der Waals surface area contributed by atoms with Crippen LogP contribution in [0.2, 0.25) is 0 Å². The Morgan fingerprint density at radius 2 is 1.94 bits per heavy atom. The SMILES string of the molecule is CCCOc1cccc(/C(O)=C2/C(=O)C(=O)N(c3cccc(F)c3)C2c2cccs2)c1. The molecule has 1 aromatic heterocycles. The Bertz CT molecular complexity index is 1160. The summed E-state index contributed by atoms with van der Waals surface area (Å²) in [5, 5.41) is 12.9. The number of carbonyl (C=O) groups excluding carboxylic acids is 2. The summed E-state index contributed by atoms with van der Waals surface area (Å²) >= 11 is 1.35. The lowest BCUT2D eigenvalue weighted by Gasteiger charge is -2.24. The number of halogens is 1. The minimum Gasteiger partial charge on any atom is -0.507 e. The van der Waals surface area contributed by atoms with Crippen LogP contribution in [-0.2, 0) is 9.59 Å². The number of ketones is 1. The molecule has 1 aliphatic rings. The van der Waals surface area contributed by atoms with Gasteiger partial charge in [-0.25, -0.2) is 4.39 Å². The van der Waals surface area contributed by atoms with Crippen molar-refractivity contribution in [3.05, 3.63) is 87.9 Å². The van der Waals surface area contributed by atoms with Gasteiger partial charge in [0.1, 0.15) is 23.4 Å². The number of benzene rings is 2. The molecule has 2 aromatic carbocycles. The number of thiophene rings is 1. The highest BCUT2D eigenvalue weighted by Gasteiger charge is 2.47. The molecule has 7 heteroatoms. The van der Waals surface area contributed by atoms with E-state index in [1.165, 1.54) is 34.4 Å². The van der Waals surface area contributed by atoms with Gasteiger partial charge in [0.2, 0.25) is 0 Å². The Hall–Kier alpha value is -3.45. The van der Waals surface area contributed by atoms with Gasteiger partial charge in [-0.15, -0.1) is 11.3 Å². The number of hydrogen-bond donors (Lipinski definition) is 1. The Labute approximate surface area is 183 Å². The standard InChI is InChI=1S/C24H20FNO4S/c1-2-11-30-18-9-3-6-15(13-18)22(27)20-21(19-10-5-12-31-19)26(24(29)23(20)28)17-8-4-7-16(25)14-17/h3-10,12-14,21,27H,2,11H2,1H3/b22-20-.